The number of carbonyl (C=O) groups excluding carboxylic acids is 1. The van der Waals surface area contributed by atoms with E-state index in [2.05, 4.69) is 19.1 Å². The van der Waals surface area contributed by atoms with Crippen LogP contribution in [-0.4, -0.2) is 17.9 Å². The average molecular weight is 302 g/mol. The molecule has 0 bridgehead atoms. The van der Waals surface area contributed by atoms with Crippen LogP contribution in [0.5, 0.6) is 0 Å². The molecular weight excluding hydrogens is 282 g/mol. The Morgan fingerprint density at radius 2 is 1.71 bits per heavy atom. The fourth-order valence-corrected chi connectivity index (χ4v) is 2.48. The summed E-state index contributed by atoms with van der Waals surface area (Å²) in [5, 5.41) is 0.702. The molecule has 110 valence electrons. The van der Waals surface area contributed by atoms with E-state index in [1.54, 1.807) is 4.90 Å². The summed E-state index contributed by atoms with van der Waals surface area (Å²) in [6.07, 6.45) is 0.505. The van der Waals surface area contributed by atoms with Crippen molar-refractivity contribution in [2.75, 3.05) is 7.05 Å². The highest BCUT2D eigenvalue weighted by Gasteiger charge is 2.15. The largest absolute Gasteiger partial charge is 0.341 e. The molecule has 0 saturated carbocycles. The Hall–Kier alpha value is -1.80. The fraction of sp³-hybridized carbons (Fsp3) is 0.278. The second kappa shape index (κ2) is 7.28. The first-order valence-electron chi connectivity index (χ1n) is 7.10. The van der Waals surface area contributed by atoms with Gasteiger partial charge in [0.2, 0.25) is 5.91 Å². The Morgan fingerprint density at radius 3 is 2.38 bits per heavy atom. The van der Waals surface area contributed by atoms with E-state index in [1.165, 1.54) is 5.56 Å². The van der Waals surface area contributed by atoms with Gasteiger partial charge in [0.1, 0.15) is 0 Å². The minimum atomic E-state index is 0.131. The zero-order valence-corrected chi connectivity index (χ0v) is 13.2. The van der Waals surface area contributed by atoms with Crippen LogP contribution in [-0.2, 0) is 11.3 Å². The van der Waals surface area contributed by atoms with Gasteiger partial charge in [0, 0.05) is 25.0 Å². The third kappa shape index (κ3) is 4.33. The number of hydrogen-bond acceptors (Lipinski definition) is 1. The van der Waals surface area contributed by atoms with Crippen LogP contribution in [0, 0.1) is 0 Å². The molecule has 1 amide bonds. The van der Waals surface area contributed by atoms with Crippen LogP contribution < -0.4 is 0 Å². The lowest BCUT2D eigenvalue weighted by Gasteiger charge is -2.20. The van der Waals surface area contributed by atoms with Crippen molar-refractivity contribution in [1.82, 2.24) is 4.90 Å². The van der Waals surface area contributed by atoms with E-state index >= 15 is 0 Å². The predicted molar refractivity (Wildman–Crippen MR) is 87.4 cm³/mol. The van der Waals surface area contributed by atoms with Gasteiger partial charge in [-0.05, 0) is 23.1 Å². The van der Waals surface area contributed by atoms with Crippen molar-refractivity contribution in [2.24, 2.45) is 0 Å². The highest BCUT2D eigenvalue weighted by Crippen LogP contribution is 2.21. The second-order valence-electron chi connectivity index (χ2n) is 5.36. The lowest BCUT2D eigenvalue weighted by atomic mass is 9.97. The molecule has 3 heteroatoms. The molecule has 0 aliphatic heterocycles. The van der Waals surface area contributed by atoms with Gasteiger partial charge in [-0.3, -0.25) is 4.79 Å². The van der Waals surface area contributed by atoms with Gasteiger partial charge in [-0.2, -0.15) is 0 Å². The minimum absolute atomic E-state index is 0.131. The number of benzene rings is 2. The van der Waals surface area contributed by atoms with E-state index in [0.29, 0.717) is 18.0 Å². The van der Waals surface area contributed by atoms with E-state index in [1.807, 2.05) is 49.5 Å². The molecule has 21 heavy (non-hydrogen) atoms. The molecule has 0 saturated heterocycles. The van der Waals surface area contributed by atoms with Crippen molar-refractivity contribution in [3.63, 3.8) is 0 Å². The predicted octanol–water partition coefficient (Wildman–Crippen LogP) is 4.49. The van der Waals surface area contributed by atoms with Crippen molar-refractivity contribution in [3.05, 3.63) is 70.7 Å². The first-order valence-corrected chi connectivity index (χ1v) is 7.48. The summed E-state index contributed by atoms with van der Waals surface area (Å²) < 4.78 is 0. The molecule has 0 spiro atoms. The van der Waals surface area contributed by atoms with Gasteiger partial charge < -0.3 is 4.90 Å². The Morgan fingerprint density at radius 1 is 1.10 bits per heavy atom. The molecule has 0 aromatic heterocycles. The van der Waals surface area contributed by atoms with Crippen LogP contribution >= 0.6 is 11.6 Å². The van der Waals surface area contributed by atoms with Crippen molar-refractivity contribution >= 4 is 17.5 Å². The summed E-state index contributed by atoms with van der Waals surface area (Å²) >= 11 is 6.14. The van der Waals surface area contributed by atoms with Crippen LogP contribution in [0.15, 0.2) is 54.6 Å². The first-order chi connectivity index (χ1) is 10.1. The standard InChI is InChI=1S/C18H20ClNO/c1-14(15-8-4-3-5-9-15)12-18(21)20(2)13-16-10-6-7-11-17(16)19/h3-11,14H,12-13H2,1-2H3. The van der Waals surface area contributed by atoms with E-state index in [4.69, 9.17) is 11.6 Å². The molecular formula is C18H20ClNO. The van der Waals surface area contributed by atoms with Gasteiger partial charge in [-0.15, -0.1) is 0 Å². The zero-order chi connectivity index (χ0) is 15.2. The van der Waals surface area contributed by atoms with E-state index < -0.39 is 0 Å². The Balaban J connectivity index is 1.95. The summed E-state index contributed by atoms with van der Waals surface area (Å²) in [6, 6.07) is 17.7. The minimum Gasteiger partial charge on any atom is -0.341 e. The highest BCUT2D eigenvalue weighted by atomic mass is 35.5. The molecule has 0 N–H and O–H groups in total. The third-order valence-corrected chi connectivity index (χ3v) is 4.01. The third-order valence-electron chi connectivity index (χ3n) is 3.64. The number of carbonyl (C=O) groups is 1. The highest BCUT2D eigenvalue weighted by molar-refractivity contribution is 6.31. The lowest BCUT2D eigenvalue weighted by Crippen LogP contribution is -2.27. The monoisotopic (exact) mass is 301 g/mol. The van der Waals surface area contributed by atoms with Gasteiger partial charge in [0.25, 0.3) is 0 Å². The van der Waals surface area contributed by atoms with Gasteiger partial charge in [-0.1, -0.05) is 67.1 Å². The maximum atomic E-state index is 12.3. The molecule has 2 rings (SSSR count). The molecule has 0 radical (unpaired) electrons. The summed E-state index contributed by atoms with van der Waals surface area (Å²) in [6.45, 7) is 2.62. The van der Waals surface area contributed by atoms with E-state index in [0.717, 1.165) is 5.56 Å². The fourth-order valence-electron chi connectivity index (χ4n) is 2.29. The molecule has 1 atom stereocenters. The average Bonchev–Trinajstić information content (AvgIpc) is 2.50. The molecule has 0 aliphatic carbocycles. The zero-order valence-electron chi connectivity index (χ0n) is 12.4. The quantitative estimate of drug-likeness (QED) is 0.796. The smallest absolute Gasteiger partial charge is 0.223 e. The molecule has 0 aliphatic rings. The normalized spacial score (nSPS) is 12.0. The summed E-state index contributed by atoms with van der Waals surface area (Å²) in [5.74, 6) is 0.346. The number of halogens is 1. The van der Waals surface area contributed by atoms with Gasteiger partial charge >= 0.3 is 0 Å². The SMILES string of the molecule is CC(CC(=O)N(C)Cc1ccccc1Cl)c1ccccc1. The van der Waals surface area contributed by atoms with E-state index in [-0.39, 0.29) is 11.8 Å². The summed E-state index contributed by atoms with van der Waals surface area (Å²) in [4.78, 5) is 14.1. The van der Waals surface area contributed by atoms with Crippen LogP contribution in [0.2, 0.25) is 5.02 Å². The molecule has 1 unspecified atom stereocenters. The Kier molecular flexibility index (Phi) is 5.40. The van der Waals surface area contributed by atoms with Crippen LogP contribution in [0.3, 0.4) is 0 Å². The van der Waals surface area contributed by atoms with Gasteiger partial charge in [-0.25, -0.2) is 0 Å². The number of amides is 1. The summed E-state index contributed by atoms with van der Waals surface area (Å²) in [7, 11) is 1.82. The van der Waals surface area contributed by atoms with Crippen molar-refractivity contribution in [1.29, 1.82) is 0 Å². The molecule has 0 fully saturated rings. The molecule has 2 aromatic rings. The maximum absolute atomic E-state index is 12.3. The van der Waals surface area contributed by atoms with Crippen LogP contribution in [0.4, 0.5) is 0 Å². The summed E-state index contributed by atoms with van der Waals surface area (Å²) in [5.41, 5.74) is 2.17. The van der Waals surface area contributed by atoms with Crippen molar-refractivity contribution in [3.8, 4) is 0 Å². The first kappa shape index (κ1) is 15.6. The van der Waals surface area contributed by atoms with Crippen LogP contribution in [0.25, 0.3) is 0 Å². The number of rotatable bonds is 5. The number of hydrogen-bond donors (Lipinski definition) is 0. The number of nitrogens with zero attached hydrogens (tertiary/aromatic N) is 1. The van der Waals surface area contributed by atoms with Crippen molar-refractivity contribution < 1.29 is 4.79 Å². The topological polar surface area (TPSA) is 20.3 Å². The van der Waals surface area contributed by atoms with Crippen LogP contribution in [0.1, 0.15) is 30.4 Å². The Bertz CT molecular complexity index is 597. The van der Waals surface area contributed by atoms with Gasteiger partial charge in [0.15, 0.2) is 0 Å². The Labute approximate surface area is 131 Å². The lowest BCUT2D eigenvalue weighted by molar-refractivity contribution is -0.130. The maximum Gasteiger partial charge on any atom is 0.223 e. The molecule has 2 nitrogen and oxygen atoms in total. The second-order valence-corrected chi connectivity index (χ2v) is 5.76. The molecule has 0 heterocycles. The molecule has 2 aromatic carbocycles. The van der Waals surface area contributed by atoms with E-state index in [9.17, 15) is 4.79 Å². The van der Waals surface area contributed by atoms with Gasteiger partial charge in [0.05, 0.1) is 0 Å². The van der Waals surface area contributed by atoms with Crippen molar-refractivity contribution in [2.45, 2.75) is 25.8 Å².